The minimum atomic E-state index is -1.23. The number of rotatable bonds is 3. The fourth-order valence-electron chi connectivity index (χ4n) is 2.72. The Kier molecular flexibility index (Phi) is 4.02. The zero-order valence-corrected chi connectivity index (χ0v) is 13.2. The molecule has 3 nitrogen and oxygen atoms in total. The highest BCUT2D eigenvalue weighted by molar-refractivity contribution is 7.85. The van der Waals surface area contributed by atoms with Crippen molar-refractivity contribution in [2.45, 2.75) is 22.6 Å². The highest BCUT2D eigenvalue weighted by atomic mass is 35.5. The van der Waals surface area contributed by atoms with Crippen molar-refractivity contribution >= 4 is 22.4 Å². The van der Waals surface area contributed by atoms with Gasteiger partial charge in [-0.1, -0.05) is 29.8 Å². The first-order valence-electron chi connectivity index (χ1n) is 6.69. The Balaban J connectivity index is 1.93. The zero-order valence-electron chi connectivity index (χ0n) is 11.6. The van der Waals surface area contributed by atoms with Gasteiger partial charge in [0.2, 0.25) is 0 Å². The monoisotopic (exact) mass is 321 g/mol. The van der Waals surface area contributed by atoms with E-state index in [1.54, 1.807) is 19.2 Å². The summed E-state index contributed by atoms with van der Waals surface area (Å²) < 4.78 is 18.1. The first-order chi connectivity index (χ1) is 10.1. The minimum Gasteiger partial charge on any atom is -0.497 e. The van der Waals surface area contributed by atoms with Crippen LogP contribution in [0, 0.1) is 0 Å². The SMILES string of the molecule is COc1ccc2c(c1)C(N)C(S(=O)c1ccccc1Cl)C2. The molecule has 5 heteroatoms. The predicted molar refractivity (Wildman–Crippen MR) is 85.3 cm³/mol. The Bertz CT molecular complexity index is 704. The lowest BCUT2D eigenvalue weighted by Crippen LogP contribution is -2.26. The Morgan fingerprint density at radius 2 is 2.05 bits per heavy atom. The molecule has 21 heavy (non-hydrogen) atoms. The van der Waals surface area contributed by atoms with Gasteiger partial charge in [0, 0.05) is 6.04 Å². The topological polar surface area (TPSA) is 52.3 Å². The number of nitrogens with two attached hydrogens (primary N) is 1. The fraction of sp³-hybridized carbons (Fsp3) is 0.250. The summed E-state index contributed by atoms with van der Waals surface area (Å²) in [6, 6.07) is 12.8. The first-order valence-corrected chi connectivity index (χ1v) is 8.28. The van der Waals surface area contributed by atoms with E-state index in [0.717, 1.165) is 16.9 Å². The third kappa shape index (κ3) is 2.59. The molecule has 0 aliphatic heterocycles. The summed E-state index contributed by atoms with van der Waals surface area (Å²) in [5.41, 5.74) is 8.46. The van der Waals surface area contributed by atoms with Gasteiger partial charge in [-0.2, -0.15) is 0 Å². The largest absolute Gasteiger partial charge is 0.497 e. The molecule has 3 rings (SSSR count). The van der Waals surface area contributed by atoms with Crippen LogP contribution in [0.5, 0.6) is 5.75 Å². The normalized spacial score (nSPS) is 21.9. The molecule has 1 aliphatic carbocycles. The Morgan fingerprint density at radius 3 is 2.76 bits per heavy atom. The Hall–Kier alpha value is -1.36. The van der Waals surface area contributed by atoms with Crippen LogP contribution in [0.4, 0.5) is 0 Å². The van der Waals surface area contributed by atoms with Crippen LogP contribution in [0.1, 0.15) is 17.2 Å². The summed E-state index contributed by atoms with van der Waals surface area (Å²) >= 11 is 6.15. The third-order valence-corrected chi connectivity index (χ3v) is 6.10. The molecule has 0 aromatic heterocycles. The molecule has 0 radical (unpaired) electrons. The van der Waals surface area contributed by atoms with Crippen molar-refractivity contribution in [3.05, 3.63) is 58.6 Å². The molecule has 0 spiro atoms. The quantitative estimate of drug-likeness (QED) is 0.945. The molecule has 0 saturated heterocycles. The van der Waals surface area contributed by atoms with E-state index in [1.165, 1.54) is 0 Å². The molecule has 3 unspecified atom stereocenters. The predicted octanol–water partition coefficient (Wildman–Crippen LogP) is 3.08. The minimum absolute atomic E-state index is 0.160. The van der Waals surface area contributed by atoms with E-state index in [1.807, 2.05) is 30.3 Å². The number of ether oxygens (including phenoxy) is 1. The molecule has 2 aromatic rings. The van der Waals surface area contributed by atoms with Gasteiger partial charge in [-0.15, -0.1) is 0 Å². The van der Waals surface area contributed by atoms with Crippen LogP contribution >= 0.6 is 11.6 Å². The average molecular weight is 322 g/mol. The fourth-order valence-corrected chi connectivity index (χ4v) is 4.63. The smallest absolute Gasteiger partial charge is 0.119 e. The van der Waals surface area contributed by atoms with Gasteiger partial charge in [0.1, 0.15) is 5.75 Å². The van der Waals surface area contributed by atoms with Crippen LogP contribution < -0.4 is 10.5 Å². The number of fused-ring (bicyclic) bond motifs is 1. The summed E-state index contributed by atoms with van der Waals surface area (Å²) in [6.45, 7) is 0. The van der Waals surface area contributed by atoms with Crippen molar-refractivity contribution in [1.29, 1.82) is 0 Å². The molecule has 0 bridgehead atoms. The lowest BCUT2D eigenvalue weighted by Gasteiger charge is -2.16. The summed E-state index contributed by atoms with van der Waals surface area (Å²) in [4.78, 5) is 0.652. The number of hydrogen-bond donors (Lipinski definition) is 1. The standard InChI is InChI=1S/C16H16ClNO2S/c1-20-11-7-6-10-8-15(16(18)12(10)9-11)21(19)14-5-3-2-4-13(14)17/h2-7,9,15-16H,8,18H2,1H3. The Morgan fingerprint density at radius 1 is 1.29 bits per heavy atom. The van der Waals surface area contributed by atoms with Crippen LogP contribution in [-0.4, -0.2) is 16.6 Å². The molecular formula is C16H16ClNO2S. The molecule has 2 N–H and O–H groups in total. The van der Waals surface area contributed by atoms with Crippen molar-refractivity contribution < 1.29 is 8.95 Å². The maximum absolute atomic E-state index is 12.8. The average Bonchev–Trinajstić information content (AvgIpc) is 2.83. The van der Waals surface area contributed by atoms with E-state index in [0.29, 0.717) is 16.3 Å². The van der Waals surface area contributed by atoms with E-state index >= 15 is 0 Å². The Labute approximate surface area is 131 Å². The molecular weight excluding hydrogens is 306 g/mol. The molecule has 2 aromatic carbocycles. The highest BCUT2D eigenvalue weighted by Gasteiger charge is 2.35. The second-order valence-electron chi connectivity index (χ2n) is 5.06. The van der Waals surface area contributed by atoms with Crippen LogP contribution in [-0.2, 0) is 17.2 Å². The summed E-state index contributed by atoms with van der Waals surface area (Å²) in [6.07, 6.45) is 0.693. The van der Waals surface area contributed by atoms with Crippen molar-refractivity contribution in [3.63, 3.8) is 0 Å². The van der Waals surface area contributed by atoms with E-state index in [9.17, 15) is 4.21 Å². The lowest BCUT2D eigenvalue weighted by molar-refractivity contribution is 0.414. The van der Waals surface area contributed by atoms with Crippen LogP contribution in [0.25, 0.3) is 0 Å². The number of methoxy groups -OCH3 is 1. The molecule has 1 aliphatic rings. The molecule has 0 fully saturated rings. The van der Waals surface area contributed by atoms with Gasteiger partial charge >= 0.3 is 0 Å². The first kappa shape index (κ1) is 14.6. The number of benzene rings is 2. The maximum Gasteiger partial charge on any atom is 0.119 e. The van der Waals surface area contributed by atoms with Gasteiger partial charge in [-0.25, -0.2) is 0 Å². The van der Waals surface area contributed by atoms with Gasteiger partial charge in [0.05, 0.1) is 33.1 Å². The van der Waals surface area contributed by atoms with E-state index < -0.39 is 10.8 Å². The molecule has 0 amide bonds. The molecule has 3 atom stereocenters. The van der Waals surface area contributed by atoms with Gasteiger partial charge in [0.25, 0.3) is 0 Å². The van der Waals surface area contributed by atoms with Crippen molar-refractivity contribution in [2.75, 3.05) is 7.11 Å². The van der Waals surface area contributed by atoms with Crippen molar-refractivity contribution in [3.8, 4) is 5.75 Å². The van der Waals surface area contributed by atoms with Crippen LogP contribution in [0.2, 0.25) is 5.02 Å². The second-order valence-corrected chi connectivity index (χ2v) is 7.11. The third-order valence-electron chi connectivity index (χ3n) is 3.86. The van der Waals surface area contributed by atoms with Crippen LogP contribution in [0.3, 0.4) is 0 Å². The number of halogens is 1. The lowest BCUT2D eigenvalue weighted by atomic mass is 10.1. The van der Waals surface area contributed by atoms with Gasteiger partial charge in [0.15, 0.2) is 0 Å². The molecule has 0 saturated carbocycles. The summed E-state index contributed by atoms with van der Waals surface area (Å²) in [5, 5.41) is 0.364. The molecule has 110 valence electrons. The van der Waals surface area contributed by atoms with Crippen molar-refractivity contribution in [1.82, 2.24) is 0 Å². The maximum atomic E-state index is 12.8. The van der Waals surface area contributed by atoms with E-state index in [4.69, 9.17) is 22.1 Å². The van der Waals surface area contributed by atoms with E-state index in [-0.39, 0.29) is 11.3 Å². The summed E-state index contributed by atoms with van der Waals surface area (Å²) in [7, 11) is 0.394. The molecule has 0 heterocycles. The zero-order chi connectivity index (χ0) is 15.0. The van der Waals surface area contributed by atoms with Gasteiger partial charge < -0.3 is 10.5 Å². The number of hydrogen-bond acceptors (Lipinski definition) is 3. The summed E-state index contributed by atoms with van der Waals surface area (Å²) in [5.74, 6) is 0.772. The van der Waals surface area contributed by atoms with Crippen LogP contribution in [0.15, 0.2) is 47.4 Å². The second kappa shape index (κ2) is 5.79. The van der Waals surface area contributed by atoms with Gasteiger partial charge in [-0.05, 0) is 41.8 Å². The van der Waals surface area contributed by atoms with Gasteiger partial charge in [-0.3, -0.25) is 4.21 Å². The highest BCUT2D eigenvalue weighted by Crippen LogP contribution is 2.37. The van der Waals surface area contributed by atoms with Crippen molar-refractivity contribution in [2.24, 2.45) is 5.73 Å². The van der Waals surface area contributed by atoms with E-state index in [2.05, 4.69) is 0 Å².